The van der Waals surface area contributed by atoms with Crippen LogP contribution in [-0.2, 0) is 4.74 Å². The molecule has 1 aromatic carbocycles. The topological polar surface area (TPSA) is 68.0 Å². The Bertz CT molecular complexity index is 940. The zero-order chi connectivity index (χ0) is 20.8. The molecular formula is C22H26ClN3O4S. The van der Waals surface area contributed by atoms with Gasteiger partial charge in [0.25, 0.3) is 5.91 Å². The van der Waals surface area contributed by atoms with E-state index < -0.39 is 0 Å². The number of morpholine rings is 1. The highest BCUT2D eigenvalue weighted by atomic mass is 35.5. The first kappa shape index (κ1) is 23.3. The Morgan fingerprint density at radius 2 is 2.00 bits per heavy atom. The summed E-state index contributed by atoms with van der Waals surface area (Å²) in [7, 11) is 1.64. The monoisotopic (exact) mass is 463 g/mol. The van der Waals surface area contributed by atoms with E-state index in [4.69, 9.17) is 18.9 Å². The van der Waals surface area contributed by atoms with Crippen LogP contribution >= 0.6 is 23.7 Å². The average molecular weight is 464 g/mol. The number of halogens is 1. The van der Waals surface area contributed by atoms with Crippen molar-refractivity contribution in [2.45, 2.75) is 6.42 Å². The van der Waals surface area contributed by atoms with Gasteiger partial charge in [-0.25, -0.2) is 4.98 Å². The molecule has 1 amide bonds. The number of hydrogen-bond donors (Lipinski definition) is 0. The van der Waals surface area contributed by atoms with Gasteiger partial charge in [0.2, 0.25) is 0 Å². The van der Waals surface area contributed by atoms with Crippen molar-refractivity contribution in [3.05, 3.63) is 53.8 Å². The maximum atomic E-state index is 13.1. The van der Waals surface area contributed by atoms with E-state index in [1.165, 1.54) is 17.6 Å². The van der Waals surface area contributed by atoms with Gasteiger partial charge in [-0.15, -0.1) is 23.7 Å². The second kappa shape index (κ2) is 11.3. The number of amides is 1. The van der Waals surface area contributed by atoms with Gasteiger partial charge in [0.05, 0.1) is 32.3 Å². The van der Waals surface area contributed by atoms with Gasteiger partial charge in [-0.05, 0) is 42.8 Å². The molecule has 1 fully saturated rings. The van der Waals surface area contributed by atoms with Crippen LogP contribution in [0.5, 0.6) is 5.75 Å². The normalized spacial score (nSPS) is 14.1. The maximum absolute atomic E-state index is 13.1. The number of furan rings is 1. The Morgan fingerprint density at radius 3 is 2.68 bits per heavy atom. The summed E-state index contributed by atoms with van der Waals surface area (Å²) in [4.78, 5) is 21.9. The molecular weight excluding hydrogens is 438 g/mol. The lowest BCUT2D eigenvalue weighted by atomic mass is 10.2. The summed E-state index contributed by atoms with van der Waals surface area (Å²) >= 11 is 1.46. The van der Waals surface area contributed by atoms with E-state index in [1.807, 2.05) is 29.6 Å². The molecule has 1 aliphatic rings. The van der Waals surface area contributed by atoms with Gasteiger partial charge in [0.1, 0.15) is 5.75 Å². The van der Waals surface area contributed by atoms with Gasteiger partial charge in [0, 0.05) is 37.1 Å². The van der Waals surface area contributed by atoms with Crippen LogP contribution in [0.25, 0.3) is 11.3 Å². The number of carbonyl (C=O) groups is 1. The fraction of sp³-hybridized carbons (Fsp3) is 0.364. The molecule has 0 aliphatic carbocycles. The van der Waals surface area contributed by atoms with Crippen LogP contribution in [0, 0.1) is 0 Å². The molecule has 2 aromatic heterocycles. The number of thiazole rings is 1. The maximum Gasteiger partial charge on any atom is 0.295 e. The first-order valence-corrected chi connectivity index (χ1v) is 10.9. The molecule has 0 spiro atoms. The molecule has 166 valence electrons. The van der Waals surface area contributed by atoms with Crippen molar-refractivity contribution < 1.29 is 18.7 Å². The van der Waals surface area contributed by atoms with Gasteiger partial charge >= 0.3 is 0 Å². The number of hydrogen-bond acceptors (Lipinski definition) is 7. The first-order valence-electron chi connectivity index (χ1n) is 10.00. The minimum absolute atomic E-state index is 0. The molecule has 0 unspecified atom stereocenters. The highest BCUT2D eigenvalue weighted by molar-refractivity contribution is 7.14. The van der Waals surface area contributed by atoms with E-state index in [1.54, 1.807) is 24.1 Å². The summed E-state index contributed by atoms with van der Waals surface area (Å²) < 4.78 is 16.0. The fourth-order valence-electron chi connectivity index (χ4n) is 3.38. The van der Waals surface area contributed by atoms with Crippen molar-refractivity contribution in [1.82, 2.24) is 9.88 Å². The van der Waals surface area contributed by atoms with E-state index >= 15 is 0 Å². The van der Waals surface area contributed by atoms with Crippen LogP contribution in [0.1, 0.15) is 17.0 Å². The number of carbonyl (C=O) groups excluding carboxylic acids is 1. The predicted octanol–water partition coefficient (Wildman–Crippen LogP) is 4.20. The van der Waals surface area contributed by atoms with E-state index in [2.05, 4.69) is 4.90 Å². The third-order valence-electron chi connectivity index (χ3n) is 5.05. The first-order chi connectivity index (χ1) is 14.7. The number of aromatic nitrogens is 1. The molecule has 9 heteroatoms. The Labute approximate surface area is 192 Å². The third-order valence-corrected chi connectivity index (χ3v) is 5.91. The summed E-state index contributed by atoms with van der Waals surface area (Å²) in [5.74, 6) is 0.951. The predicted molar refractivity (Wildman–Crippen MR) is 124 cm³/mol. The number of ether oxygens (including phenoxy) is 2. The van der Waals surface area contributed by atoms with Gasteiger partial charge in [0.15, 0.2) is 10.9 Å². The summed E-state index contributed by atoms with van der Waals surface area (Å²) in [6.07, 6.45) is 2.37. The van der Waals surface area contributed by atoms with Gasteiger partial charge < -0.3 is 13.9 Å². The van der Waals surface area contributed by atoms with Crippen molar-refractivity contribution in [3.63, 3.8) is 0 Å². The summed E-state index contributed by atoms with van der Waals surface area (Å²) in [5.41, 5.74) is 1.82. The fourth-order valence-corrected chi connectivity index (χ4v) is 4.24. The molecule has 7 nitrogen and oxygen atoms in total. The zero-order valence-corrected chi connectivity index (χ0v) is 19.0. The molecule has 0 N–H and O–H groups in total. The van der Waals surface area contributed by atoms with Crippen LogP contribution in [0.15, 0.2) is 52.5 Å². The summed E-state index contributed by atoms with van der Waals surface area (Å²) in [5, 5.41) is 2.64. The minimum atomic E-state index is -0.169. The Hall–Kier alpha value is -2.39. The lowest BCUT2D eigenvalue weighted by Gasteiger charge is -2.27. The molecule has 0 atom stereocenters. The average Bonchev–Trinajstić information content (AvgIpc) is 3.50. The molecule has 0 saturated carbocycles. The molecule has 4 rings (SSSR count). The van der Waals surface area contributed by atoms with Crippen LogP contribution in [-0.4, -0.2) is 62.3 Å². The van der Waals surface area contributed by atoms with E-state index in [9.17, 15) is 4.79 Å². The highest BCUT2D eigenvalue weighted by Crippen LogP contribution is 2.29. The minimum Gasteiger partial charge on any atom is -0.497 e. The van der Waals surface area contributed by atoms with Crippen molar-refractivity contribution in [3.8, 4) is 17.0 Å². The van der Waals surface area contributed by atoms with E-state index in [-0.39, 0.29) is 18.3 Å². The van der Waals surface area contributed by atoms with Crippen LogP contribution in [0.2, 0.25) is 0 Å². The Balaban J connectivity index is 0.00000272. The molecule has 0 bridgehead atoms. The number of methoxy groups -OCH3 is 1. The van der Waals surface area contributed by atoms with Crippen LogP contribution in [0.3, 0.4) is 0 Å². The largest absolute Gasteiger partial charge is 0.497 e. The Kier molecular flexibility index (Phi) is 8.48. The summed E-state index contributed by atoms with van der Waals surface area (Å²) in [6, 6.07) is 11.2. The second-order valence-electron chi connectivity index (χ2n) is 6.99. The zero-order valence-electron chi connectivity index (χ0n) is 17.4. The van der Waals surface area contributed by atoms with Crippen LogP contribution < -0.4 is 9.64 Å². The standard InChI is InChI=1S/C22H25N3O4S.ClH/c1-27-18-7-5-17(6-8-18)19-16-30-22(23-19)25(21(26)20-4-2-13-29-20)10-3-9-24-11-14-28-15-12-24;/h2,4-8,13,16H,3,9-12,14-15H2,1H3;1H. The van der Waals surface area contributed by atoms with Gasteiger partial charge in [-0.1, -0.05) is 0 Å². The van der Waals surface area contributed by atoms with Crippen molar-refractivity contribution >= 4 is 34.8 Å². The molecule has 1 aliphatic heterocycles. The molecule has 1 saturated heterocycles. The van der Waals surface area contributed by atoms with Crippen molar-refractivity contribution in [2.75, 3.05) is 51.4 Å². The SMILES string of the molecule is COc1ccc(-c2csc(N(CCCN3CCOCC3)C(=O)c3ccco3)n2)cc1.Cl. The van der Waals surface area contributed by atoms with E-state index in [0.717, 1.165) is 56.3 Å². The van der Waals surface area contributed by atoms with Crippen LogP contribution in [0.4, 0.5) is 5.13 Å². The molecule has 0 radical (unpaired) electrons. The lowest BCUT2D eigenvalue weighted by Crippen LogP contribution is -2.39. The highest BCUT2D eigenvalue weighted by Gasteiger charge is 2.23. The van der Waals surface area contributed by atoms with Gasteiger partial charge in [-0.2, -0.15) is 0 Å². The molecule has 31 heavy (non-hydrogen) atoms. The second-order valence-corrected chi connectivity index (χ2v) is 7.82. The third kappa shape index (κ3) is 5.86. The summed E-state index contributed by atoms with van der Waals surface area (Å²) in [6.45, 7) is 4.91. The Morgan fingerprint density at radius 1 is 1.23 bits per heavy atom. The number of nitrogens with zero attached hydrogens (tertiary/aromatic N) is 3. The smallest absolute Gasteiger partial charge is 0.295 e. The van der Waals surface area contributed by atoms with Crippen molar-refractivity contribution in [2.24, 2.45) is 0 Å². The van der Waals surface area contributed by atoms with E-state index in [0.29, 0.717) is 17.4 Å². The molecule has 3 heterocycles. The van der Waals surface area contributed by atoms with Crippen molar-refractivity contribution in [1.29, 1.82) is 0 Å². The quantitative estimate of drug-likeness (QED) is 0.498. The number of anilines is 1. The molecule has 3 aromatic rings. The lowest BCUT2D eigenvalue weighted by molar-refractivity contribution is 0.0376. The number of rotatable bonds is 8. The van der Waals surface area contributed by atoms with Gasteiger partial charge in [-0.3, -0.25) is 14.6 Å². The number of benzene rings is 1.